The molecule has 0 bridgehead atoms. The van der Waals surface area contributed by atoms with E-state index in [1.807, 2.05) is 0 Å². The van der Waals surface area contributed by atoms with E-state index in [4.69, 9.17) is 0 Å². The fraction of sp³-hybridized carbons (Fsp3) is 0.529. The van der Waals surface area contributed by atoms with Crippen molar-refractivity contribution < 1.29 is 0 Å². The molecule has 0 amide bonds. The molecule has 114 valence electrons. The average molecular weight is 303 g/mol. The molecule has 0 spiro atoms. The van der Waals surface area contributed by atoms with Crippen LogP contribution in [0, 0.1) is 13.8 Å². The highest BCUT2D eigenvalue weighted by Gasteiger charge is 2.10. The van der Waals surface area contributed by atoms with Crippen LogP contribution in [-0.4, -0.2) is 22.3 Å². The van der Waals surface area contributed by atoms with Crippen LogP contribution >= 0.6 is 11.3 Å². The minimum Gasteiger partial charge on any atom is -0.312 e. The maximum atomic E-state index is 4.35. The van der Waals surface area contributed by atoms with Crippen LogP contribution in [0.3, 0.4) is 0 Å². The van der Waals surface area contributed by atoms with Crippen molar-refractivity contribution in [3.05, 3.63) is 34.3 Å². The normalized spacial score (nSPS) is 11.9. The number of nitrogens with one attached hydrogen (secondary N) is 1. The van der Waals surface area contributed by atoms with Crippen molar-refractivity contribution in [1.82, 2.24) is 15.5 Å². The molecule has 1 N–H and O–H groups in total. The third-order valence-corrected chi connectivity index (χ3v) is 4.32. The number of nitrogens with zero attached hydrogens (tertiary/aromatic N) is 2. The number of aromatic nitrogens is 2. The van der Waals surface area contributed by atoms with Crippen LogP contribution in [0.2, 0.25) is 0 Å². The first kappa shape index (κ1) is 16.1. The highest BCUT2D eigenvalue weighted by atomic mass is 32.1. The van der Waals surface area contributed by atoms with Gasteiger partial charge < -0.3 is 5.32 Å². The Morgan fingerprint density at radius 2 is 1.90 bits per heavy atom. The van der Waals surface area contributed by atoms with Crippen molar-refractivity contribution in [2.75, 3.05) is 6.54 Å². The molecule has 0 atom stereocenters. The van der Waals surface area contributed by atoms with Crippen molar-refractivity contribution >= 4 is 11.3 Å². The van der Waals surface area contributed by atoms with Crippen LogP contribution in [0.15, 0.2) is 18.2 Å². The predicted octanol–water partition coefficient (Wildman–Crippen LogP) is 4.14. The predicted molar refractivity (Wildman–Crippen MR) is 90.9 cm³/mol. The van der Waals surface area contributed by atoms with Gasteiger partial charge in [-0.05, 0) is 53.1 Å². The zero-order valence-electron chi connectivity index (χ0n) is 13.7. The van der Waals surface area contributed by atoms with E-state index in [0.29, 0.717) is 0 Å². The Bertz CT molecular complexity index is 596. The van der Waals surface area contributed by atoms with E-state index >= 15 is 0 Å². The Labute approximate surface area is 131 Å². The van der Waals surface area contributed by atoms with Gasteiger partial charge in [-0.3, -0.25) is 0 Å². The van der Waals surface area contributed by atoms with E-state index in [1.54, 1.807) is 11.3 Å². The summed E-state index contributed by atoms with van der Waals surface area (Å²) in [6.07, 6.45) is 2.09. The summed E-state index contributed by atoms with van der Waals surface area (Å²) in [6.45, 7) is 11.8. The fourth-order valence-electron chi connectivity index (χ4n) is 2.22. The van der Waals surface area contributed by atoms with Crippen molar-refractivity contribution in [3.63, 3.8) is 0 Å². The van der Waals surface area contributed by atoms with Crippen LogP contribution in [-0.2, 0) is 6.42 Å². The maximum absolute atomic E-state index is 4.35. The summed E-state index contributed by atoms with van der Waals surface area (Å²) in [6, 6.07) is 6.48. The molecule has 0 aliphatic heterocycles. The largest absolute Gasteiger partial charge is 0.312 e. The molecule has 0 radical (unpaired) electrons. The second kappa shape index (κ2) is 6.67. The molecule has 2 rings (SSSR count). The minimum atomic E-state index is 0.186. The number of aryl methyl sites for hydroxylation is 3. The van der Waals surface area contributed by atoms with Gasteiger partial charge in [0.25, 0.3) is 0 Å². The molecule has 1 aromatic heterocycles. The first-order chi connectivity index (χ1) is 9.85. The topological polar surface area (TPSA) is 37.8 Å². The highest BCUT2D eigenvalue weighted by Crippen LogP contribution is 2.27. The van der Waals surface area contributed by atoms with Crippen LogP contribution in [0.5, 0.6) is 0 Å². The van der Waals surface area contributed by atoms with Gasteiger partial charge in [-0.1, -0.05) is 35.1 Å². The number of hydrogen-bond acceptors (Lipinski definition) is 4. The molecule has 2 aromatic rings. The third kappa shape index (κ3) is 4.90. The zero-order valence-corrected chi connectivity index (χ0v) is 14.5. The van der Waals surface area contributed by atoms with Crippen molar-refractivity contribution in [2.45, 2.75) is 53.0 Å². The summed E-state index contributed by atoms with van der Waals surface area (Å²) >= 11 is 1.71. The van der Waals surface area contributed by atoms with E-state index < -0.39 is 0 Å². The van der Waals surface area contributed by atoms with Gasteiger partial charge in [0.1, 0.15) is 10.0 Å². The van der Waals surface area contributed by atoms with Gasteiger partial charge in [0.2, 0.25) is 0 Å². The Hall–Kier alpha value is -1.26. The smallest absolute Gasteiger partial charge is 0.148 e. The molecule has 1 heterocycles. The lowest BCUT2D eigenvalue weighted by molar-refractivity contribution is 0.422. The van der Waals surface area contributed by atoms with Gasteiger partial charge in [0.05, 0.1) is 0 Å². The maximum Gasteiger partial charge on any atom is 0.148 e. The quantitative estimate of drug-likeness (QED) is 0.843. The number of benzene rings is 1. The average Bonchev–Trinajstić information content (AvgIpc) is 2.82. The van der Waals surface area contributed by atoms with E-state index in [9.17, 15) is 0 Å². The van der Waals surface area contributed by atoms with Crippen LogP contribution in [0.1, 0.15) is 43.3 Å². The van der Waals surface area contributed by atoms with Crippen molar-refractivity contribution in [1.29, 1.82) is 0 Å². The molecule has 0 saturated heterocycles. The molecule has 3 nitrogen and oxygen atoms in total. The standard InChI is InChI=1S/C17H25N3S/c1-12-8-9-14(13(2)11-12)16-20-19-15(21-16)7-6-10-18-17(3,4)5/h8-9,11,18H,6-7,10H2,1-5H3. The molecule has 0 saturated carbocycles. The molecular weight excluding hydrogens is 278 g/mol. The molecule has 0 aliphatic rings. The Balaban J connectivity index is 1.95. The second-order valence-electron chi connectivity index (χ2n) is 6.60. The van der Waals surface area contributed by atoms with Gasteiger partial charge in [0, 0.05) is 17.5 Å². The molecule has 0 unspecified atom stereocenters. The molecule has 1 aromatic carbocycles. The van der Waals surface area contributed by atoms with E-state index in [-0.39, 0.29) is 5.54 Å². The van der Waals surface area contributed by atoms with Crippen LogP contribution in [0.25, 0.3) is 10.6 Å². The van der Waals surface area contributed by atoms with Gasteiger partial charge in [-0.15, -0.1) is 10.2 Å². The fourth-order valence-corrected chi connectivity index (χ4v) is 3.19. The molecule has 0 fully saturated rings. The van der Waals surface area contributed by atoms with E-state index in [1.165, 1.54) is 16.7 Å². The Morgan fingerprint density at radius 3 is 2.57 bits per heavy atom. The summed E-state index contributed by atoms with van der Waals surface area (Å²) < 4.78 is 0. The summed E-state index contributed by atoms with van der Waals surface area (Å²) in [5, 5.41) is 14.3. The summed E-state index contributed by atoms with van der Waals surface area (Å²) in [4.78, 5) is 0. The third-order valence-electron chi connectivity index (χ3n) is 3.30. The Morgan fingerprint density at radius 1 is 1.14 bits per heavy atom. The van der Waals surface area contributed by atoms with E-state index in [2.05, 4.69) is 68.3 Å². The van der Waals surface area contributed by atoms with E-state index in [0.717, 1.165) is 29.4 Å². The second-order valence-corrected chi connectivity index (χ2v) is 7.66. The SMILES string of the molecule is Cc1ccc(-c2nnc(CCCNC(C)(C)C)s2)c(C)c1. The van der Waals surface area contributed by atoms with Gasteiger partial charge in [-0.25, -0.2) is 0 Å². The number of hydrogen-bond donors (Lipinski definition) is 1. The molecule has 4 heteroatoms. The molecule has 21 heavy (non-hydrogen) atoms. The summed E-state index contributed by atoms with van der Waals surface area (Å²) in [7, 11) is 0. The number of rotatable bonds is 5. The lowest BCUT2D eigenvalue weighted by Crippen LogP contribution is -2.36. The van der Waals surface area contributed by atoms with Crippen molar-refractivity contribution in [2.24, 2.45) is 0 Å². The summed E-state index contributed by atoms with van der Waals surface area (Å²) in [5.74, 6) is 0. The lowest BCUT2D eigenvalue weighted by atomic mass is 10.1. The van der Waals surface area contributed by atoms with Gasteiger partial charge in [0.15, 0.2) is 0 Å². The van der Waals surface area contributed by atoms with Crippen LogP contribution in [0.4, 0.5) is 0 Å². The lowest BCUT2D eigenvalue weighted by Gasteiger charge is -2.20. The van der Waals surface area contributed by atoms with Crippen molar-refractivity contribution in [3.8, 4) is 10.6 Å². The first-order valence-corrected chi connectivity index (χ1v) is 8.32. The van der Waals surface area contributed by atoms with Crippen LogP contribution < -0.4 is 5.32 Å². The minimum absolute atomic E-state index is 0.186. The molecule has 0 aliphatic carbocycles. The monoisotopic (exact) mass is 303 g/mol. The first-order valence-electron chi connectivity index (χ1n) is 7.50. The van der Waals surface area contributed by atoms with Gasteiger partial charge >= 0.3 is 0 Å². The molecular formula is C17H25N3S. The highest BCUT2D eigenvalue weighted by molar-refractivity contribution is 7.14. The summed E-state index contributed by atoms with van der Waals surface area (Å²) in [5.41, 5.74) is 3.95. The zero-order chi connectivity index (χ0) is 15.5. The van der Waals surface area contributed by atoms with Gasteiger partial charge in [-0.2, -0.15) is 0 Å². The Kier molecular flexibility index (Phi) is 5.12.